The first-order valence-electron chi connectivity index (χ1n) is 5.95. The zero-order valence-electron chi connectivity index (χ0n) is 11.6. The van der Waals surface area contributed by atoms with Crippen LogP contribution in [0.1, 0.15) is 48.0 Å². The second-order valence-electron chi connectivity index (χ2n) is 6.70. The Balaban J connectivity index is 3.50. The summed E-state index contributed by atoms with van der Waals surface area (Å²) in [4.78, 5) is 11.5. The Kier molecular flexibility index (Phi) is 6.01. The summed E-state index contributed by atoms with van der Waals surface area (Å²) >= 11 is 0. The third-order valence-electron chi connectivity index (χ3n) is 1.79. The summed E-state index contributed by atoms with van der Waals surface area (Å²) in [6.45, 7) is 14.5. The first kappa shape index (κ1) is 15.4. The van der Waals surface area contributed by atoms with Gasteiger partial charge in [-0.2, -0.15) is 0 Å². The smallest absolute Gasteiger partial charge is 0.220 e. The summed E-state index contributed by atoms with van der Waals surface area (Å²) in [5.74, 6) is 0.104. The highest BCUT2D eigenvalue weighted by Gasteiger charge is 2.15. The van der Waals surface area contributed by atoms with Gasteiger partial charge in [-0.1, -0.05) is 41.5 Å². The van der Waals surface area contributed by atoms with E-state index in [9.17, 15) is 4.79 Å². The van der Waals surface area contributed by atoms with Crippen LogP contribution in [0, 0.1) is 10.8 Å². The zero-order valence-corrected chi connectivity index (χ0v) is 11.6. The van der Waals surface area contributed by atoms with Crippen molar-refractivity contribution >= 4 is 5.91 Å². The molecule has 1 N–H and O–H groups in total. The Morgan fingerprint density at radius 2 is 1.62 bits per heavy atom. The number of nitrogens with one attached hydrogen (secondary N) is 1. The minimum Gasteiger partial charge on any atom is -0.379 e. The van der Waals surface area contributed by atoms with E-state index in [0.717, 1.165) is 6.61 Å². The number of rotatable bonds is 5. The second-order valence-corrected chi connectivity index (χ2v) is 6.70. The Bertz CT molecular complexity index is 211. The van der Waals surface area contributed by atoms with Crippen LogP contribution in [-0.4, -0.2) is 25.7 Å². The molecule has 0 bridgehead atoms. The average Bonchev–Trinajstić information content (AvgIpc) is 1.97. The summed E-state index contributed by atoms with van der Waals surface area (Å²) < 4.78 is 5.46. The molecule has 0 saturated heterocycles. The van der Waals surface area contributed by atoms with E-state index >= 15 is 0 Å². The maximum Gasteiger partial charge on any atom is 0.220 e. The van der Waals surface area contributed by atoms with Gasteiger partial charge in [0.25, 0.3) is 0 Å². The third kappa shape index (κ3) is 11.5. The number of amides is 1. The van der Waals surface area contributed by atoms with E-state index < -0.39 is 0 Å². The zero-order chi connectivity index (χ0) is 12.8. The van der Waals surface area contributed by atoms with Crippen molar-refractivity contribution in [2.45, 2.75) is 48.0 Å². The molecule has 0 aromatic heterocycles. The summed E-state index contributed by atoms with van der Waals surface area (Å²) in [5.41, 5.74) is 0.242. The fourth-order valence-electron chi connectivity index (χ4n) is 1.19. The van der Waals surface area contributed by atoms with Gasteiger partial charge in [-0.3, -0.25) is 4.79 Å². The Hall–Kier alpha value is -0.570. The van der Waals surface area contributed by atoms with Crippen molar-refractivity contribution in [3.8, 4) is 0 Å². The van der Waals surface area contributed by atoms with E-state index in [1.165, 1.54) is 0 Å². The van der Waals surface area contributed by atoms with Crippen molar-refractivity contribution in [1.82, 2.24) is 5.32 Å². The van der Waals surface area contributed by atoms with E-state index in [4.69, 9.17) is 4.74 Å². The summed E-state index contributed by atoms with van der Waals surface area (Å²) in [7, 11) is 0. The normalized spacial score (nSPS) is 12.6. The number of ether oxygens (including phenoxy) is 1. The van der Waals surface area contributed by atoms with Crippen LogP contribution in [0.25, 0.3) is 0 Å². The van der Waals surface area contributed by atoms with Crippen LogP contribution in [0.15, 0.2) is 0 Å². The van der Waals surface area contributed by atoms with Gasteiger partial charge in [0.15, 0.2) is 0 Å². The molecule has 0 saturated carbocycles. The number of hydrogen-bond donors (Lipinski definition) is 1. The minimum atomic E-state index is 0.0519. The van der Waals surface area contributed by atoms with Crippen molar-refractivity contribution in [3.05, 3.63) is 0 Å². The Labute approximate surface area is 99.9 Å². The molecule has 0 aromatic rings. The fourth-order valence-corrected chi connectivity index (χ4v) is 1.19. The van der Waals surface area contributed by atoms with Gasteiger partial charge in [-0.05, 0) is 10.8 Å². The highest BCUT2D eigenvalue weighted by Crippen LogP contribution is 2.17. The lowest BCUT2D eigenvalue weighted by Crippen LogP contribution is -2.31. The molecule has 0 fully saturated rings. The molecule has 0 aliphatic carbocycles. The predicted octanol–water partition coefficient (Wildman–Crippen LogP) is 2.60. The molecule has 0 aromatic carbocycles. The van der Waals surface area contributed by atoms with Crippen LogP contribution in [0.5, 0.6) is 0 Å². The molecule has 0 spiro atoms. The predicted molar refractivity (Wildman–Crippen MR) is 67.4 cm³/mol. The highest BCUT2D eigenvalue weighted by atomic mass is 16.5. The number of carbonyl (C=O) groups excluding carboxylic acids is 1. The van der Waals surface area contributed by atoms with Gasteiger partial charge in [0.05, 0.1) is 13.2 Å². The van der Waals surface area contributed by atoms with Crippen molar-refractivity contribution in [1.29, 1.82) is 0 Å². The summed E-state index contributed by atoms with van der Waals surface area (Å²) in [6, 6.07) is 0. The van der Waals surface area contributed by atoms with Crippen LogP contribution < -0.4 is 5.32 Å². The lowest BCUT2D eigenvalue weighted by molar-refractivity contribution is -0.123. The van der Waals surface area contributed by atoms with Crippen LogP contribution in [0.3, 0.4) is 0 Å². The largest absolute Gasteiger partial charge is 0.379 e. The standard InChI is InChI=1S/C13H27NO2/c1-12(2,3)9-11(15)14-7-8-16-10-13(4,5)6/h7-10H2,1-6H3,(H,14,15). The molecule has 16 heavy (non-hydrogen) atoms. The second kappa shape index (κ2) is 6.24. The lowest BCUT2D eigenvalue weighted by atomic mass is 9.92. The first-order valence-corrected chi connectivity index (χ1v) is 5.95. The van der Waals surface area contributed by atoms with Crippen molar-refractivity contribution in [3.63, 3.8) is 0 Å². The Morgan fingerprint density at radius 3 is 2.06 bits per heavy atom. The molecule has 0 rings (SSSR count). The third-order valence-corrected chi connectivity index (χ3v) is 1.79. The van der Waals surface area contributed by atoms with Gasteiger partial charge in [-0.15, -0.1) is 0 Å². The van der Waals surface area contributed by atoms with Gasteiger partial charge in [0.1, 0.15) is 0 Å². The molecule has 0 atom stereocenters. The van der Waals surface area contributed by atoms with Gasteiger partial charge in [-0.25, -0.2) is 0 Å². The van der Waals surface area contributed by atoms with Crippen LogP contribution in [0.2, 0.25) is 0 Å². The summed E-state index contributed by atoms with van der Waals surface area (Å²) in [5, 5.41) is 2.86. The topological polar surface area (TPSA) is 38.3 Å². The van der Waals surface area contributed by atoms with Gasteiger partial charge in [0.2, 0.25) is 5.91 Å². The minimum absolute atomic E-state index is 0.0519. The van der Waals surface area contributed by atoms with Crippen molar-refractivity contribution < 1.29 is 9.53 Å². The maximum absolute atomic E-state index is 11.5. The molecule has 0 radical (unpaired) electrons. The van der Waals surface area contributed by atoms with Crippen LogP contribution in [0.4, 0.5) is 0 Å². The highest BCUT2D eigenvalue weighted by molar-refractivity contribution is 5.76. The van der Waals surface area contributed by atoms with Crippen molar-refractivity contribution in [2.75, 3.05) is 19.8 Å². The molecule has 0 aliphatic heterocycles. The lowest BCUT2D eigenvalue weighted by Gasteiger charge is -2.19. The quantitative estimate of drug-likeness (QED) is 0.736. The molecule has 3 heteroatoms. The fraction of sp³-hybridized carbons (Fsp3) is 0.923. The molecule has 96 valence electrons. The number of carbonyl (C=O) groups is 1. The van der Waals surface area contributed by atoms with Gasteiger partial charge in [0, 0.05) is 13.0 Å². The van der Waals surface area contributed by atoms with E-state index in [2.05, 4.69) is 46.9 Å². The van der Waals surface area contributed by atoms with Gasteiger partial charge < -0.3 is 10.1 Å². The molecular weight excluding hydrogens is 202 g/mol. The average molecular weight is 229 g/mol. The molecule has 1 amide bonds. The van der Waals surface area contributed by atoms with E-state index in [1.807, 2.05) is 0 Å². The summed E-state index contributed by atoms with van der Waals surface area (Å²) in [6.07, 6.45) is 0.562. The van der Waals surface area contributed by atoms with Crippen LogP contribution >= 0.6 is 0 Å². The van der Waals surface area contributed by atoms with Crippen LogP contribution in [-0.2, 0) is 9.53 Å². The molecule has 0 aliphatic rings. The molecular formula is C13H27NO2. The van der Waals surface area contributed by atoms with E-state index in [1.54, 1.807) is 0 Å². The van der Waals surface area contributed by atoms with E-state index in [-0.39, 0.29) is 16.7 Å². The first-order chi connectivity index (χ1) is 7.10. The number of hydrogen-bond acceptors (Lipinski definition) is 2. The molecule has 0 heterocycles. The SMILES string of the molecule is CC(C)(C)COCCNC(=O)CC(C)(C)C. The Morgan fingerprint density at radius 1 is 1.06 bits per heavy atom. The molecule has 3 nitrogen and oxygen atoms in total. The maximum atomic E-state index is 11.5. The van der Waals surface area contributed by atoms with Gasteiger partial charge >= 0.3 is 0 Å². The molecule has 0 unspecified atom stereocenters. The van der Waals surface area contributed by atoms with E-state index in [0.29, 0.717) is 19.6 Å². The van der Waals surface area contributed by atoms with Crippen molar-refractivity contribution in [2.24, 2.45) is 10.8 Å². The monoisotopic (exact) mass is 229 g/mol.